The van der Waals surface area contributed by atoms with Crippen molar-refractivity contribution < 1.29 is 42.2 Å². The van der Waals surface area contributed by atoms with Crippen LogP contribution in [0.25, 0.3) is 0 Å². The Balaban J connectivity index is 0.000000500. The van der Waals surface area contributed by atoms with Gasteiger partial charge in [0.25, 0.3) is 0 Å². The Labute approximate surface area is 299 Å². The van der Waals surface area contributed by atoms with Crippen molar-refractivity contribution in [2.45, 2.75) is 175 Å². The van der Waals surface area contributed by atoms with Gasteiger partial charge in [-0.25, -0.2) is 14.4 Å². The lowest BCUT2D eigenvalue weighted by molar-refractivity contribution is -0.137. The molecule has 4 atom stereocenters. The first-order valence-electron chi connectivity index (χ1n) is 17.6. The highest BCUT2D eigenvalue weighted by Gasteiger charge is 2.47. The summed E-state index contributed by atoms with van der Waals surface area (Å²) in [5.41, 5.74) is -1.15. The summed E-state index contributed by atoms with van der Waals surface area (Å²) in [7, 11) is -4.00. The molecule has 0 N–H and O–H groups in total. The van der Waals surface area contributed by atoms with Crippen molar-refractivity contribution in [2.75, 3.05) is 19.7 Å². The number of esters is 1. The van der Waals surface area contributed by atoms with E-state index in [0.29, 0.717) is 32.5 Å². The fourth-order valence-corrected chi connectivity index (χ4v) is 7.50. The van der Waals surface area contributed by atoms with Gasteiger partial charge < -0.3 is 27.9 Å². The monoisotopic (exact) mass is 728 g/mol. The van der Waals surface area contributed by atoms with Gasteiger partial charge in [0.05, 0.1) is 24.9 Å². The molecule has 0 aliphatic carbocycles. The summed E-state index contributed by atoms with van der Waals surface area (Å²) in [6, 6.07) is -0.901. The summed E-state index contributed by atoms with van der Waals surface area (Å²) in [6.07, 6.45) is 4.09. The standard InChI is InChI=1S/C20H37NO5Si.C16H31NO4Si/c1-10-24-17(22)12-11-15-16(26-27(8,9)20(5,6)7)13-14-21(15)18(23)25-19(2,3)4;1-15(2,3)20-14(19)17-10-9-13(12(17)11-18)21-22(7,8)16(4,5)6/h11-12,15-16H,10,13-14H2,1-9H3;11-13H,9-10H2,1-8H3/b12-11+;/t15-,16+;12-,13+/m11/s1. The fraction of sp³-hybridized carbons (Fsp3) is 0.833. The van der Waals surface area contributed by atoms with Crippen LogP contribution in [0, 0.1) is 0 Å². The number of ether oxygens (including phenoxy) is 3. The molecule has 11 nitrogen and oxygen atoms in total. The molecule has 284 valence electrons. The summed E-state index contributed by atoms with van der Waals surface area (Å²) in [6.45, 7) is 35.8. The van der Waals surface area contributed by atoms with Crippen LogP contribution in [0.2, 0.25) is 36.3 Å². The van der Waals surface area contributed by atoms with E-state index in [0.717, 1.165) is 6.29 Å². The molecule has 2 heterocycles. The molecular weight excluding hydrogens is 661 g/mol. The first-order valence-corrected chi connectivity index (χ1v) is 23.4. The minimum atomic E-state index is -2.02. The average Bonchev–Trinajstić information content (AvgIpc) is 3.47. The van der Waals surface area contributed by atoms with Crippen molar-refractivity contribution in [3.05, 3.63) is 12.2 Å². The van der Waals surface area contributed by atoms with Crippen LogP contribution >= 0.6 is 0 Å². The molecule has 0 radical (unpaired) electrons. The van der Waals surface area contributed by atoms with Gasteiger partial charge in [0.15, 0.2) is 16.6 Å². The second-order valence-corrected chi connectivity index (χ2v) is 27.5. The Hall–Kier alpha value is -2.23. The van der Waals surface area contributed by atoms with Crippen LogP contribution in [-0.4, -0.2) is 106 Å². The Bertz CT molecular complexity index is 1160. The van der Waals surface area contributed by atoms with Gasteiger partial charge in [-0.1, -0.05) is 47.6 Å². The third-order valence-corrected chi connectivity index (χ3v) is 18.4. The molecule has 0 spiro atoms. The average molecular weight is 729 g/mol. The molecule has 2 amide bonds. The van der Waals surface area contributed by atoms with Crippen LogP contribution < -0.4 is 0 Å². The third kappa shape index (κ3) is 13.8. The molecule has 13 heteroatoms. The number of hydrogen-bond acceptors (Lipinski definition) is 9. The lowest BCUT2D eigenvalue weighted by atomic mass is 10.1. The molecule has 49 heavy (non-hydrogen) atoms. The summed E-state index contributed by atoms with van der Waals surface area (Å²) in [4.78, 5) is 51.3. The summed E-state index contributed by atoms with van der Waals surface area (Å²) in [5.74, 6) is -0.417. The van der Waals surface area contributed by atoms with Crippen molar-refractivity contribution in [3.8, 4) is 0 Å². The molecule has 0 aromatic rings. The molecule has 2 saturated heterocycles. The zero-order valence-corrected chi connectivity index (χ0v) is 35.6. The van der Waals surface area contributed by atoms with Gasteiger partial charge in [-0.2, -0.15) is 0 Å². The molecule has 0 aromatic carbocycles. The molecular formula is C36H68N2O9Si2. The van der Waals surface area contributed by atoms with E-state index in [1.54, 1.807) is 17.9 Å². The second-order valence-electron chi connectivity index (χ2n) is 18.0. The number of aldehydes is 1. The Morgan fingerprint density at radius 2 is 1.04 bits per heavy atom. The van der Waals surface area contributed by atoms with E-state index in [4.69, 9.17) is 23.1 Å². The number of nitrogens with zero attached hydrogens (tertiary/aromatic N) is 2. The van der Waals surface area contributed by atoms with Crippen LogP contribution in [0.3, 0.4) is 0 Å². The minimum absolute atomic E-state index is 0.0573. The maximum atomic E-state index is 12.7. The highest BCUT2D eigenvalue weighted by atomic mass is 28.4. The Morgan fingerprint density at radius 1 is 0.673 bits per heavy atom. The molecule has 0 unspecified atom stereocenters. The predicted molar refractivity (Wildman–Crippen MR) is 199 cm³/mol. The van der Waals surface area contributed by atoms with Crippen LogP contribution in [0.15, 0.2) is 12.2 Å². The molecule has 2 fully saturated rings. The van der Waals surface area contributed by atoms with E-state index in [2.05, 4.69) is 67.7 Å². The van der Waals surface area contributed by atoms with Crippen molar-refractivity contribution >= 4 is 41.1 Å². The number of carbonyl (C=O) groups is 4. The quantitative estimate of drug-likeness (QED) is 0.0803. The number of amides is 2. The minimum Gasteiger partial charge on any atom is -0.463 e. The van der Waals surface area contributed by atoms with E-state index < -0.39 is 45.9 Å². The smallest absolute Gasteiger partial charge is 0.410 e. The first kappa shape index (κ1) is 44.8. The lowest BCUT2D eigenvalue weighted by Gasteiger charge is -2.40. The van der Waals surface area contributed by atoms with Gasteiger partial charge in [0, 0.05) is 19.2 Å². The third-order valence-electron chi connectivity index (χ3n) is 9.41. The molecule has 2 aliphatic heterocycles. The highest BCUT2D eigenvalue weighted by molar-refractivity contribution is 6.74. The maximum absolute atomic E-state index is 12.7. The molecule has 0 saturated carbocycles. The summed E-state index contributed by atoms with van der Waals surface area (Å²) < 4.78 is 28.8. The van der Waals surface area contributed by atoms with E-state index >= 15 is 0 Å². The van der Waals surface area contributed by atoms with Crippen molar-refractivity contribution in [3.63, 3.8) is 0 Å². The summed E-state index contributed by atoms with van der Waals surface area (Å²) >= 11 is 0. The topological polar surface area (TPSA) is 121 Å². The molecule has 2 rings (SSSR count). The lowest BCUT2D eigenvalue weighted by Crippen LogP contribution is -2.49. The van der Waals surface area contributed by atoms with Crippen LogP contribution in [0.1, 0.15) is 103 Å². The van der Waals surface area contributed by atoms with Crippen molar-refractivity contribution in [1.29, 1.82) is 0 Å². The van der Waals surface area contributed by atoms with E-state index in [9.17, 15) is 19.2 Å². The van der Waals surface area contributed by atoms with Gasteiger partial charge >= 0.3 is 18.2 Å². The van der Waals surface area contributed by atoms with E-state index in [1.165, 1.54) is 11.0 Å². The zero-order chi connectivity index (χ0) is 38.4. The van der Waals surface area contributed by atoms with Gasteiger partial charge in [-0.3, -0.25) is 9.80 Å². The van der Waals surface area contributed by atoms with E-state index in [-0.39, 0.29) is 34.4 Å². The van der Waals surface area contributed by atoms with Crippen molar-refractivity contribution in [1.82, 2.24) is 9.80 Å². The van der Waals surface area contributed by atoms with Gasteiger partial charge in [0.2, 0.25) is 0 Å². The SMILES string of the molecule is CC(C)(C)OC(=O)N1CC[C@H](O[Si](C)(C)C(C)(C)C)[C@H]1C=O.CCOC(=O)/C=C/[C@@H]1[C@@H](O[Si](C)(C)C(C)(C)C)CCN1C(=O)OC(C)(C)C. The largest absolute Gasteiger partial charge is 0.463 e. The number of carbonyl (C=O) groups excluding carboxylic acids is 4. The maximum Gasteiger partial charge on any atom is 0.410 e. The first-order chi connectivity index (χ1) is 22.0. The normalized spacial score (nSPS) is 22.5. The molecule has 0 bridgehead atoms. The zero-order valence-electron chi connectivity index (χ0n) is 33.6. The predicted octanol–water partition coefficient (Wildman–Crippen LogP) is 8.09. The Kier molecular flexibility index (Phi) is 15.4. The van der Waals surface area contributed by atoms with Gasteiger partial charge in [-0.05, 0) is 97.6 Å². The van der Waals surface area contributed by atoms with E-state index in [1.807, 2.05) is 41.5 Å². The molecule has 2 aliphatic rings. The van der Waals surface area contributed by atoms with Crippen LogP contribution in [-0.2, 0) is 32.7 Å². The van der Waals surface area contributed by atoms with Crippen molar-refractivity contribution in [2.24, 2.45) is 0 Å². The highest BCUT2D eigenvalue weighted by Crippen LogP contribution is 2.40. The molecule has 0 aromatic heterocycles. The Morgan fingerprint density at radius 3 is 1.37 bits per heavy atom. The number of likely N-dealkylation sites (tertiary alicyclic amines) is 2. The number of rotatable bonds is 8. The van der Waals surface area contributed by atoms with Crippen LogP contribution in [0.5, 0.6) is 0 Å². The second kappa shape index (κ2) is 16.9. The fourth-order valence-electron chi connectivity index (χ4n) is 4.76. The summed E-state index contributed by atoms with van der Waals surface area (Å²) in [5, 5.41) is 0.127. The van der Waals surface area contributed by atoms with Gasteiger partial charge in [0.1, 0.15) is 23.5 Å². The van der Waals surface area contributed by atoms with Gasteiger partial charge in [-0.15, -0.1) is 0 Å². The van der Waals surface area contributed by atoms with Crippen LogP contribution in [0.4, 0.5) is 9.59 Å². The number of hydrogen-bond donors (Lipinski definition) is 0.